The van der Waals surface area contributed by atoms with Crippen LogP contribution in [0.15, 0.2) is 36.9 Å². The lowest BCUT2D eigenvalue weighted by atomic mass is 10.00. The van der Waals surface area contributed by atoms with E-state index in [1.165, 1.54) is 0 Å². The summed E-state index contributed by atoms with van der Waals surface area (Å²) < 4.78 is 0. The molecule has 0 aliphatic heterocycles. The Bertz CT molecular complexity index is 358. The molecule has 1 rings (SSSR count). The predicted molar refractivity (Wildman–Crippen MR) is 67.1 cm³/mol. The molecule has 0 atom stereocenters. The number of rotatable bonds is 7. The van der Waals surface area contributed by atoms with Crippen LogP contribution in [0.25, 0.3) is 0 Å². The van der Waals surface area contributed by atoms with E-state index >= 15 is 0 Å². The third-order valence-electron chi connectivity index (χ3n) is 2.59. The average molecular weight is 217 g/mol. The minimum atomic E-state index is 0.280. The lowest BCUT2D eigenvalue weighted by molar-refractivity contribution is -0.118. The molecule has 1 aromatic carbocycles. The molecule has 1 aromatic rings. The summed E-state index contributed by atoms with van der Waals surface area (Å²) in [7, 11) is 0. The van der Waals surface area contributed by atoms with Gasteiger partial charge in [0.1, 0.15) is 5.78 Å². The summed E-state index contributed by atoms with van der Waals surface area (Å²) in [6.45, 7) is 4.14. The molecule has 0 radical (unpaired) electrons. The van der Waals surface area contributed by atoms with Crippen LogP contribution in [0.2, 0.25) is 0 Å². The van der Waals surface area contributed by atoms with Crippen LogP contribution in [0.3, 0.4) is 0 Å². The van der Waals surface area contributed by atoms with E-state index in [4.69, 9.17) is 5.73 Å². The zero-order valence-electron chi connectivity index (χ0n) is 9.61. The van der Waals surface area contributed by atoms with Crippen LogP contribution in [-0.2, 0) is 17.8 Å². The lowest BCUT2D eigenvalue weighted by Crippen LogP contribution is -2.07. The van der Waals surface area contributed by atoms with Crippen LogP contribution >= 0.6 is 0 Å². The highest BCUT2D eigenvalue weighted by Crippen LogP contribution is 2.11. The van der Waals surface area contributed by atoms with Gasteiger partial charge in [0.15, 0.2) is 0 Å². The quantitative estimate of drug-likeness (QED) is 0.563. The molecule has 0 unspecified atom stereocenters. The highest BCUT2D eigenvalue weighted by atomic mass is 16.1. The Morgan fingerprint density at radius 3 is 2.62 bits per heavy atom. The fourth-order valence-corrected chi connectivity index (χ4v) is 1.67. The summed E-state index contributed by atoms with van der Waals surface area (Å²) >= 11 is 0. The fraction of sp³-hybridized carbons (Fsp3) is 0.357. The molecule has 16 heavy (non-hydrogen) atoms. The SMILES string of the molecule is C=CCCCC(=O)Cc1ccccc1CN. The lowest BCUT2D eigenvalue weighted by Gasteiger charge is -2.06. The highest BCUT2D eigenvalue weighted by molar-refractivity contribution is 5.81. The van der Waals surface area contributed by atoms with Crippen molar-refractivity contribution in [3.63, 3.8) is 0 Å². The van der Waals surface area contributed by atoms with Gasteiger partial charge in [-0.2, -0.15) is 0 Å². The van der Waals surface area contributed by atoms with Crippen molar-refractivity contribution in [3.8, 4) is 0 Å². The molecule has 0 aromatic heterocycles. The summed E-state index contributed by atoms with van der Waals surface area (Å²) in [4.78, 5) is 11.7. The minimum absolute atomic E-state index is 0.280. The number of Topliss-reactive ketones (excluding diaryl/α,β-unsaturated/α-hetero) is 1. The Morgan fingerprint density at radius 2 is 2.00 bits per heavy atom. The number of unbranched alkanes of at least 4 members (excludes halogenated alkanes) is 1. The summed E-state index contributed by atoms with van der Waals surface area (Å²) in [6.07, 6.45) is 4.79. The molecule has 0 saturated carbocycles. The van der Waals surface area contributed by atoms with Crippen molar-refractivity contribution in [2.75, 3.05) is 0 Å². The maximum Gasteiger partial charge on any atom is 0.137 e. The van der Waals surface area contributed by atoms with Gasteiger partial charge in [-0.15, -0.1) is 6.58 Å². The van der Waals surface area contributed by atoms with Crippen LogP contribution in [0.4, 0.5) is 0 Å². The number of allylic oxidation sites excluding steroid dienone is 1. The number of benzene rings is 1. The summed E-state index contributed by atoms with van der Waals surface area (Å²) in [5.41, 5.74) is 7.76. The minimum Gasteiger partial charge on any atom is -0.326 e. The molecule has 0 bridgehead atoms. The van der Waals surface area contributed by atoms with E-state index in [0.717, 1.165) is 24.0 Å². The molecular formula is C14H19NO. The molecule has 86 valence electrons. The van der Waals surface area contributed by atoms with E-state index in [1.807, 2.05) is 30.3 Å². The number of hydrogen-bond acceptors (Lipinski definition) is 2. The second-order valence-electron chi connectivity index (χ2n) is 3.87. The Morgan fingerprint density at radius 1 is 1.31 bits per heavy atom. The van der Waals surface area contributed by atoms with Crippen molar-refractivity contribution in [2.45, 2.75) is 32.2 Å². The van der Waals surface area contributed by atoms with Crippen molar-refractivity contribution in [3.05, 3.63) is 48.0 Å². The standard InChI is InChI=1S/C14H19NO/c1-2-3-4-9-14(16)10-12-7-5-6-8-13(12)11-15/h2,5-8H,1,3-4,9-11,15H2. The summed E-state index contributed by atoms with van der Waals surface area (Å²) in [5.74, 6) is 0.280. The largest absolute Gasteiger partial charge is 0.326 e. The van der Waals surface area contributed by atoms with Crippen molar-refractivity contribution in [1.29, 1.82) is 0 Å². The smallest absolute Gasteiger partial charge is 0.137 e. The zero-order valence-corrected chi connectivity index (χ0v) is 9.61. The average Bonchev–Trinajstić information content (AvgIpc) is 2.30. The first-order valence-electron chi connectivity index (χ1n) is 5.67. The first-order chi connectivity index (χ1) is 7.77. The van der Waals surface area contributed by atoms with Crippen molar-refractivity contribution in [1.82, 2.24) is 0 Å². The van der Waals surface area contributed by atoms with Crippen LogP contribution < -0.4 is 5.73 Å². The van der Waals surface area contributed by atoms with E-state index < -0.39 is 0 Å². The third-order valence-corrected chi connectivity index (χ3v) is 2.59. The van der Waals surface area contributed by atoms with Gasteiger partial charge in [0.2, 0.25) is 0 Å². The molecule has 2 nitrogen and oxygen atoms in total. The van der Waals surface area contributed by atoms with Crippen molar-refractivity contribution >= 4 is 5.78 Å². The molecule has 0 fully saturated rings. The van der Waals surface area contributed by atoms with E-state index in [2.05, 4.69) is 6.58 Å². The Hall–Kier alpha value is -1.41. The van der Waals surface area contributed by atoms with Gasteiger partial charge < -0.3 is 5.73 Å². The van der Waals surface area contributed by atoms with Crippen molar-refractivity contribution in [2.24, 2.45) is 5.73 Å². The van der Waals surface area contributed by atoms with E-state index in [1.54, 1.807) is 0 Å². The molecule has 2 N–H and O–H groups in total. The topological polar surface area (TPSA) is 43.1 Å². The Balaban J connectivity index is 2.52. The van der Waals surface area contributed by atoms with Gasteiger partial charge in [-0.1, -0.05) is 30.3 Å². The summed E-state index contributed by atoms with van der Waals surface area (Å²) in [5, 5.41) is 0. The van der Waals surface area contributed by atoms with Crippen molar-refractivity contribution < 1.29 is 4.79 Å². The molecule has 0 aliphatic rings. The summed E-state index contributed by atoms with van der Waals surface area (Å²) in [6, 6.07) is 7.86. The van der Waals surface area contributed by atoms with Gasteiger partial charge >= 0.3 is 0 Å². The van der Waals surface area contributed by atoms with E-state index in [9.17, 15) is 4.79 Å². The molecule has 0 aliphatic carbocycles. The molecule has 0 heterocycles. The fourth-order valence-electron chi connectivity index (χ4n) is 1.67. The monoisotopic (exact) mass is 217 g/mol. The van der Waals surface area contributed by atoms with Gasteiger partial charge in [0, 0.05) is 19.4 Å². The molecule has 0 amide bonds. The van der Waals surface area contributed by atoms with Gasteiger partial charge in [-0.25, -0.2) is 0 Å². The molecule has 2 heteroatoms. The van der Waals surface area contributed by atoms with Crippen LogP contribution in [0, 0.1) is 0 Å². The van der Waals surface area contributed by atoms with Crippen LogP contribution in [0.1, 0.15) is 30.4 Å². The number of nitrogens with two attached hydrogens (primary N) is 1. The Kier molecular flexibility index (Phi) is 5.51. The number of carbonyl (C=O) groups is 1. The zero-order chi connectivity index (χ0) is 11.8. The predicted octanol–water partition coefficient (Wildman–Crippen LogP) is 2.61. The third kappa shape index (κ3) is 3.99. The van der Waals surface area contributed by atoms with Gasteiger partial charge in [0.25, 0.3) is 0 Å². The van der Waals surface area contributed by atoms with Gasteiger partial charge in [0.05, 0.1) is 0 Å². The van der Waals surface area contributed by atoms with Crippen LogP contribution in [-0.4, -0.2) is 5.78 Å². The van der Waals surface area contributed by atoms with Gasteiger partial charge in [-0.3, -0.25) is 4.79 Å². The normalized spacial score (nSPS) is 10.1. The van der Waals surface area contributed by atoms with Crippen LogP contribution in [0.5, 0.6) is 0 Å². The number of hydrogen-bond donors (Lipinski definition) is 1. The van der Waals surface area contributed by atoms with Gasteiger partial charge in [-0.05, 0) is 24.0 Å². The molecular weight excluding hydrogens is 198 g/mol. The molecule has 0 spiro atoms. The first kappa shape index (κ1) is 12.7. The maximum absolute atomic E-state index is 11.7. The number of ketones is 1. The first-order valence-corrected chi connectivity index (χ1v) is 5.67. The maximum atomic E-state index is 11.7. The Labute approximate surface area is 97.2 Å². The number of carbonyl (C=O) groups excluding carboxylic acids is 1. The second-order valence-corrected chi connectivity index (χ2v) is 3.87. The van der Waals surface area contributed by atoms with E-state index in [0.29, 0.717) is 19.4 Å². The van der Waals surface area contributed by atoms with E-state index in [-0.39, 0.29) is 5.78 Å². The second kappa shape index (κ2) is 6.96. The molecule has 0 saturated heterocycles. The highest BCUT2D eigenvalue weighted by Gasteiger charge is 2.06.